The summed E-state index contributed by atoms with van der Waals surface area (Å²) in [6, 6.07) is 6.09. The number of piperidine rings is 1. The van der Waals surface area contributed by atoms with Gasteiger partial charge in [0, 0.05) is 29.6 Å². The molecule has 3 aliphatic rings. The van der Waals surface area contributed by atoms with E-state index in [1.54, 1.807) is 11.7 Å². The summed E-state index contributed by atoms with van der Waals surface area (Å²) in [5.74, 6) is 0.390. The van der Waals surface area contributed by atoms with Crippen molar-refractivity contribution in [2.24, 2.45) is 5.92 Å². The molecule has 214 valence electrons. The largest absolute Gasteiger partial charge is 0.460 e. The predicted molar refractivity (Wildman–Crippen MR) is 159 cm³/mol. The van der Waals surface area contributed by atoms with Crippen LogP contribution in [0.3, 0.4) is 0 Å². The van der Waals surface area contributed by atoms with E-state index >= 15 is 0 Å². The molecule has 0 amide bonds. The number of ether oxygens (including phenoxy) is 2. The molecule has 2 aromatic heterocycles. The number of nitrogens with zero attached hydrogens (tertiary/aromatic N) is 3. The first-order chi connectivity index (χ1) is 19.2. The number of cyclic esters (lactones) is 1. The fourth-order valence-electron chi connectivity index (χ4n) is 6.43. The quantitative estimate of drug-likeness (QED) is 0.269. The molecule has 1 fully saturated rings. The second kappa shape index (κ2) is 11.3. The second-order valence-corrected chi connectivity index (χ2v) is 11.6. The van der Waals surface area contributed by atoms with Gasteiger partial charge < -0.3 is 14.0 Å². The van der Waals surface area contributed by atoms with Crippen molar-refractivity contribution in [1.82, 2.24) is 14.5 Å². The van der Waals surface area contributed by atoms with Crippen LogP contribution in [0.1, 0.15) is 81.2 Å². The van der Waals surface area contributed by atoms with Gasteiger partial charge in [-0.25, -0.2) is 4.98 Å². The molecule has 0 N–H and O–H groups in total. The Morgan fingerprint density at radius 1 is 1.15 bits per heavy atom. The molecule has 7 nitrogen and oxygen atoms in total. The van der Waals surface area contributed by atoms with E-state index < -0.39 is 5.60 Å². The highest BCUT2D eigenvalue weighted by molar-refractivity contribution is 6.32. The second-order valence-electron chi connectivity index (χ2n) is 11.2. The number of halogens is 1. The Labute approximate surface area is 241 Å². The number of hydrogen-bond acceptors (Lipinski definition) is 6. The van der Waals surface area contributed by atoms with Crippen molar-refractivity contribution in [3.05, 3.63) is 61.4 Å². The van der Waals surface area contributed by atoms with Crippen LogP contribution >= 0.6 is 11.6 Å². The van der Waals surface area contributed by atoms with Gasteiger partial charge in [-0.15, -0.1) is 0 Å². The molecule has 5 heterocycles. The molecular weight excluding hydrogens is 526 g/mol. The predicted octanol–water partition coefficient (Wildman–Crippen LogP) is 6.34. The Hall–Kier alpha value is -2.74. The molecule has 1 unspecified atom stereocenters. The molecule has 1 aromatic carbocycles. The van der Waals surface area contributed by atoms with Crippen molar-refractivity contribution in [2.75, 3.05) is 20.2 Å². The molecule has 0 bridgehead atoms. The van der Waals surface area contributed by atoms with Crippen LogP contribution in [0, 0.1) is 12.8 Å². The monoisotopic (exact) mass is 565 g/mol. The lowest BCUT2D eigenvalue weighted by molar-refractivity contribution is -0.151. The SMILES string of the molecule is CC.CCC1(OC)CC(=O)OCc2c1cc1n(c2=O)Cc2c-1nc1cc(Cl)c(C)cc1c2CN1CCC(C)CC1. The highest BCUT2D eigenvalue weighted by Gasteiger charge is 2.41. The molecule has 0 radical (unpaired) electrons. The van der Waals surface area contributed by atoms with Crippen LogP contribution in [-0.4, -0.2) is 40.6 Å². The zero-order valence-corrected chi connectivity index (χ0v) is 25.3. The Morgan fingerprint density at radius 3 is 2.55 bits per heavy atom. The minimum atomic E-state index is -0.912. The standard InChI is InChI=1S/C30H34ClN3O4.C2H6/c1-5-30(37-4)13-27(35)38-16-22-23(30)11-26-28-21(15-34(26)29(22)36)20(14-33-8-6-17(2)7-9-33)19-10-18(3)24(31)12-25(19)32-28;1-2/h10-12,17H,5-9,13-16H2,1-4H3;1-2H3. The number of likely N-dealkylation sites (tertiary alicyclic amines) is 1. The molecule has 8 heteroatoms. The van der Waals surface area contributed by atoms with E-state index in [0.717, 1.165) is 64.5 Å². The Kier molecular flexibility index (Phi) is 8.10. The lowest BCUT2D eigenvalue weighted by Crippen LogP contribution is -2.34. The minimum Gasteiger partial charge on any atom is -0.460 e. The average molecular weight is 566 g/mol. The van der Waals surface area contributed by atoms with Crippen LogP contribution in [0.4, 0.5) is 0 Å². The first-order valence-corrected chi connectivity index (χ1v) is 14.9. The van der Waals surface area contributed by atoms with Crippen molar-refractivity contribution in [2.45, 2.75) is 85.6 Å². The number of aromatic nitrogens is 2. The summed E-state index contributed by atoms with van der Waals surface area (Å²) < 4.78 is 13.2. The van der Waals surface area contributed by atoms with Gasteiger partial charge in [-0.05, 0) is 80.1 Å². The van der Waals surface area contributed by atoms with E-state index in [4.69, 9.17) is 26.1 Å². The third-order valence-corrected chi connectivity index (χ3v) is 9.37. The van der Waals surface area contributed by atoms with Crippen LogP contribution in [0.15, 0.2) is 23.0 Å². The number of rotatable bonds is 4. The van der Waals surface area contributed by atoms with Crippen LogP contribution in [0.5, 0.6) is 0 Å². The van der Waals surface area contributed by atoms with Crippen LogP contribution in [-0.2, 0) is 39.6 Å². The fraction of sp³-hybridized carbons (Fsp3) is 0.531. The summed E-state index contributed by atoms with van der Waals surface area (Å²) in [5, 5.41) is 1.78. The third-order valence-electron chi connectivity index (χ3n) is 8.96. The van der Waals surface area contributed by atoms with E-state index in [-0.39, 0.29) is 24.6 Å². The van der Waals surface area contributed by atoms with Crippen molar-refractivity contribution in [1.29, 1.82) is 0 Å². The summed E-state index contributed by atoms with van der Waals surface area (Å²) in [6.07, 6.45) is 3.00. The van der Waals surface area contributed by atoms with Gasteiger partial charge in [-0.2, -0.15) is 0 Å². The van der Waals surface area contributed by atoms with E-state index in [1.165, 1.54) is 18.4 Å². The van der Waals surface area contributed by atoms with Crippen LogP contribution < -0.4 is 5.56 Å². The van der Waals surface area contributed by atoms with Crippen LogP contribution in [0.25, 0.3) is 22.3 Å². The van der Waals surface area contributed by atoms with E-state index in [2.05, 4.69) is 17.9 Å². The van der Waals surface area contributed by atoms with Gasteiger partial charge in [0.05, 0.1) is 35.4 Å². The third kappa shape index (κ3) is 4.76. The molecule has 40 heavy (non-hydrogen) atoms. The van der Waals surface area contributed by atoms with Gasteiger partial charge in [0.25, 0.3) is 5.56 Å². The molecule has 0 saturated carbocycles. The van der Waals surface area contributed by atoms with Crippen molar-refractivity contribution in [3.63, 3.8) is 0 Å². The smallest absolute Gasteiger partial charge is 0.309 e. The Balaban J connectivity index is 0.00000158. The summed E-state index contributed by atoms with van der Waals surface area (Å²) >= 11 is 6.56. The zero-order chi connectivity index (χ0) is 28.8. The summed E-state index contributed by atoms with van der Waals surface area (Å²) in [5.41, 5.74) is 5.91. The molecule has 0 aliphatic carbocycles. The minimum absolute atomic E-state index is 0.0439. The number of esters is 1. The number of carbonyl (C=O) groups is 1. The maximum Gasteiger partial charge on any atom is 0.309 e. The first kappa shape index (κ1) is 28.8. The van der Waals surface area contributed by atoms with Gasteiger partial charge in [0.2, 0.25) is 0 Å². The van der Waals surface area contributed by atoms with E-state index in [0.29, 0.717) is 23.6 Å². The normalized spacial score (nSPS) is 20.7. The number of fused-ring (bicyclic) bond motifs is 5. The van der Waals surface area contributed by atoms with Gasteiger partial charge in [-0.3, -0.25) is 14.5 Å². The van der Waals surface area contributed by atoms with Crippen LogP contribution in [0.2, 0.25) is 5.02 Å². The number of methoxy groups -OCH3 is 1. The van der Waals surface area contributed by atoms with Crippen molar-refractivity contribution >= 4 is 28.5 Å². The van der Waals surface area contributed by atoms with Gasteiger partial charge in [0.1, 0.15) is 12.2 Å². The number of hydrogen-bond donors (Lipinski definition) is 0. The fourth-order valence-corrected chi connectivity index (χ4v) is 6.58. The Bertz CT molecular complexity index is 1520. The molecule has 3 aliphatic heterocycles. The maximum absolute atomic E-state index is 13.9. The molecule has 3 aromatic rings. The molecular formula is C32H40ClN3O4. The highest BCUT2D eigenvalue weighted by atomic mass is 35.5. The number of aryl methyl sites for hydroxylation is 1. The van der Waals surface area contributed by atoms with Gasteiger partial charge >= 0.3 is 5.97 Å². The van der Waals surface area contributed by atoms with E-state index in [1.807, 2.05) is 39.8 Å². The van der Waals surface area contributed by atoms with Gasteiger partial charge in [0.15, 0.2) is 0 Å². The molecule has 1 saturated heterocycles. The number of carbonyl (C=O) groups excluding carboxylic acids is 1. The molecule has 1 atom stereocenters. The summed E-state index contributed by atoms with van der Waals surface area (Å²) in [6.45, 7) is 13.7. The van der Waals surface area contributed by atoms with Gasteiger partial charge in [-0.1, -0.05) is 39.3 Å². The van der Waals surface area contributed by atoms with Crippen molar-refractivity contribution < 1.29 is 14.3 Å². The zero-order valence-electron chi connectivity index (χ0n) is 24.5. The number of benzene rings is 1. The Morgan fingerprint density at radius 2 is 1.88 bits per heavy atom. The number of pyridine rings is 2. The highest BCUT2D eigenvalue weighted by Crippen LogP contribution is 2.42. The average Bonchev–Trinajstić information content (AvgIpc) is 3.25. The lowest BCUT2D eigenvalue weighted by atomic mass is 9.85. The molecule has 6 rings (SSSR count). The van der Waals surface area contributed by atoms with E-state index in [9.17, 15) is 9.59 Å². The van der Waals surface area contributed by atoms with Crippen molar-refractivity contribution in [3.8, 4) is 11.4 Å². The maximum atomic E-state index is 13.9. The summed E-state index contributed by atoms with van der Waals surface area (Å²) in [7, 11) is 1.60. The first-order valence-electron chi connectivity index (χ1n) is 14.6. The lowest BCUT2D eigenvalue weighted by Gasteiger charge is -2.31. The summed E-state index contributed by atoms with van der Waals surface area (Å²) in [4.78, 5) is 34.0. The topological polar surface area (TPSA) is 73.7 Å². The molecule has 0 spiro atoms.